The normalized spacial score (nSPS) is 17.8. The van der Waals surface area contributed by atoms with Crippen LogP contribution in [-0.4, -0.2) is 66.4 Å². The second-order valence-electron chi connectivity index (χ2n) is 12.5. The van der Waals surface area contributed by atoms with E-state index in [1.807, 2.05) is 24.3 Å². The highest BCUT2D eigenvalue weighted by Gasteiger charge is 2.35. The Labute approximate surface area is 304 Å². The van der Waals surface area contributed by atoms with Crippen LogP contribution in [0.1, 0.15) is 71.2 Å². The maximum Gasteiger partial charge on any atom is 0.203 e. The van der Waals surface area contributed by atoms with Gasteiger partial charge in [0.2, 0.25) is 11.6 Å². The molecule has 0 unspecified atom stereocenters. The molecule has 0 N–H and O–H groups in total. The van der Waals surface area contributed by atoms with Crippen LogP contribution in [-0.2, 0) is 4.74 Å². The zero-order chi connectivity index (χ0) is 37.5. The summed E-state index contributed by atoms with van der Waals surface area (Å²) in [6.45, 7) is 5.53. The van der Waals surface area contributed by atoms with E-state index in [0.717, 1.165) is 17.5 Å². The molecule has 4 aromatic carbocycles. The first-order valence-electron chi connectivity index (χ1n) is 16.9. The van der Waals surface area contributed by atoms with Crippen LogP contribution in [0.2, 0.25) is 0 Å². The highest BCUT2D eigenvalue weighted by atomic mass is 16.5. The summed E-state index contributed by atoms with van der Waals surface area (Å²) in [6, 6.07) is 21.2. The molecule has 1 fully saturated rings. The van der Waals surface area contributed by atoms with E-state index in [2.05, 4.69) is 6.92 Å². The summed E-state index contributed by atoms with van der Waals surface area (Å²) in [4.78, 5) is 26.5. The lowest BCUT2D eigenvalue weighted by molar-refractivity contribution is 0.0344. The van der Waals surface area contributed by atoms with Gasteiger partial charge in [-0.05, 0) is 98.0 Å². The van der Waals surface area contributed by atoms with Crippen molar-refractivity contribution in [1.82, 2.24) is 0 Å². The highest BCUT2D eigenvalue weighted by molar-refractivity contribution is 6.00. The summed E-state index contributed by atoms with van der Waals surface area (Å²) in [5, 5.41) is 0. The third-order valence-corrected chi connectivity index (χ3v) is 9.17. The van der Waals surface area contributed by atoms with Crippen LogP contribution < -0.4 is 37.9 Å². The molecule has 1 aliphatic heterocycles. The number of methoxy groups -OCH3 is 6. The van der Waals surface area contributed by atoms with Gasteiger partial charge >= 0.3 is 0 Å². The van der Waals surface area contributed by atoms with Gasteiger partial charge in [0.05, 0.1) is 54.9 Å². The first-order valence-corrected chi connectivity index (χ1v) is 16.9. The first-order chi connectivity index (χ1) is 25.0. The molecule has 4 aromatic rings. The predicted molar refractivity (Wildman–Crippen MR) is 194 cm³/mol. The number of ketones is 2. The molecule has 0 bridgehead atoms. The van der Waals surface area contributed by atoms with Crippen molar-refractivity contribution in [2.24, 2.45) is 5.92 Å². The van der Waals surface area contributed by atoms with E-state index >= 15 is 0 Å². The molecule has 1 saturated heterocycles. The number of ether oxygens (including phenoxy) is 9. The molecule has 0 aromatic heterocycles. The Hall–Kier alpha value is -5.42. The van der Waals surface area contributed by atoms with Crippen LogP contribution in [0.3, 0.4) is 0 Å². The Morgan fingerprint density at radius 2 is 0.923 bits per heavy atom. The lowest BCUT2D eigenvalue weighted by Crippen LogP contribution is -2.24. The number of Topliss-reactive ketones (excluding diaryl/α,β-unsaturated/α-hetero) is 2. The molecule has 11 heteroatoms. The summed E-state index contributed by atoms with van der Waals surface area (Å²) in [5.74, 6) is 3.59. The largest absolute Gasteiger partial charge is 0.493 e. The fourth-order valence-electron chi connectivity index (χ4n) is 6.33. The first kappa shape index (κ1) is 37.8. The van der Waals surface area contributed by atoms with Crippen molar-refractivity contribution >= 4 is 11.6 Å². The van der Waals surface area contributed by atoms with Gasteiger partial charge in [0.1, 0.15) is 0 Å². The number of carbonyl (C=O) groups excluding carboxylic acids is 2. The minimum Gasteiger partial charge on any atom is -0.493 e. The molecule has 0 saturated carbocycles. The number of hydrogen-bond acceptors (Lipinski definition) is 11. The highest BCUT2D eigenvalue weighted by Crippen LogP contribution is 2.47. The van der Waals surface area contributed by atoms with Gasteiger partial charge in [-0.15, -0.1) is 0 Å². The lowest BCUT2D eigenvalue weighted by atomic mass is 9.94. The minimum absolute atomic E-state index is 0.174. The van der Waals surface area contributed by atoms with Crippen LogP contribution in [0.4, 0.5) is 0 Å². The van der Waals surface area contributed by atoms with Crippen LogP contribution in [0.25, 0.3) is 0 Å². The van der Waals surface area contributed by atoms with Crippen molar-refractivity contribution < 1.29 is 52.2 Å². The standard InChI is InChI=1S/C41H46O11/c1-23-18-34(26-10-16-32(37(19-26)48-8)50-24(2)39(42)27-11-14-30(44-4)35(20-27)46-6)52-41(23)29-13-17-33(38(22-29)49-9)51-25(3)40(43)28-12-15-31(45-5)36(21-28)47-7/h10-17,19-25,34,41H,18H2,1-9H3/t23-,24-,25-,34+,41+/m1/s1. The molecule has 0 spiro atoms. The molecule has 52 heavy (non-hydrogen) atoms. The summed E-state index contributed by atoms with van der Waals surface area (Å²) < 4.78 is 51.5. The Morgan fingerprint density at radius 1 is 0.538 bits per heavy atom. The van der Waals surface area contributed by atoms with Crippen LogP contribution in [0.5, 0.6) is 46.0 Å². The van der Waals surface area contributed by atoms with Crippen LogP contribution >= 0.6 is 0 Å². The van der Waals surface area contributed by atoms with E-state index in [0.29, 0.717) is 57.1 Å². The molecule has 1 aliphatic rings. The zero-order valence-corrected chi connectivity index (χ0v) is 31.0. The monoisotopic (exact) mass is 714 g/mol. The fraction of sp³-hybridized carbons (Fsp3) is 0.366. The Bertz CT molecular complexity index is 1890. The molecule has 5 rings (SSSR count). The van der Waals surface area contributed by atoms with Crippen molar-refractivity contribution in [3.05, 3.63) is 95.1 Å². The third kappa shape index (κ3) is 8.05. The van der Waals surface area contributed by atoms with E-state index < -0.39 is 12.2 Å². The molecule has 276 valence electrons. The molecule has 11 nitrogen and oxygen atoms in total. The summed E-state index contributed by atoms with van der Waals surface area (Å²) >= 11 is 0. The van der Waals surface area contributed by atoms with Gasteiger partial charge in [0.15, 0.2) is 58.2 Å². The van der Waals surface area contributed by atoms with Gasteiger partial charge in [-0.1, -0.05) is 19.1 Å². The molecule has 0 aliphatic carbocycles. The second kappa shape index (κ2) is 16.7. The molecule has 5 atom stereocenters. The average Bonchev–Trinajstić information content (AvgIpc) is 3.57. The lowest BCUT2D eigenvalue weighted by Gasteiger charge is -2.21. The van der Waals surface area contributed by atoms with E-state index in [4.69, 9.17) is 42.6 Å². The summed E-state index contributed by atoms with van der Waals surface area (Å²) in [5.41, 5.74) is 2.72. The SMILES string of the molecule is COc1ccc(C(=O)[C@@H](C)Oc2ccc([C@@H]3C[C@@H](C)[C@@H](c4ccc(O[C@H](C)C(=O)c5ccc(OC)c(OC)c5)c(OC)c4)O3)cc2OC)cc1OC. The van der Waals surface area contributed by atoms with E-state index in [1.54, 1.807) is 90.8 Å². The quantitative estimate of drug-likeness (QED) is 0.106. The summed E-state index contributed by atoms with van der Waals surface area (Å²) in [7, 11) is 9.25. The molecular weight excluding hydrogens is 668 g/mol. The van der Waals surface area contributed by atoms with Gasteiger partial charge in [0, 0.05) is 11.1 Å². The Balaban J connectivity index is 1.26. The van der Waals surface area contributed by atoms with Gasteiger partial charge in [-0.25, -0.2) is 0 Å². The number of carbonyl (C=O) groups is 2. The van der Waals surface area contributed by atoms with Gasteiger partial charge in [-0.3, -0.25) is 9.59 Å². The van der Waals surface area contributed by atoms with Gasteiger partial charge < -0.3 is 42.6 Å². The van der Waals surface area contributed by atoms with Gasteiger partial charge in [-0.2, -0.15) is 0 Å². The van der Waals surface area contributed by atoms with E-state index in [1.165, 1.54) is 14.2 Å². The van der Waals surface area contributed by atoms with E-state index in [9.17, 15) is 9.59 Å². The maximum atomic E-state index is 13.2. The average molecular weight is 715 g/mol. The topological polar surface area (TPSA) is 117 Å². The molecule has 1 heterocycles. The van der Waals surface area contributed by atoms with Crippen molar-refractivity contribution in [3.63, 3.8) is 0 Å². The van der Waals surface area contributed by atoms with Crippen molar-refractivity contribution in [2.45, 2.75) is 51.6 Å². The zero-order valence-electron chi connectivity index (χ0n) is 31.0. The van der Waals surface area contributed by atoms with Crippen molar-refractivity contribution in [1.29, 1.82) is 0 Å². The smallest absolute Gasteiger partial charge is 0.203 e. The molecular formula is C41H46O11. The summed E-state index contributed by atoms with van der Waals surface area (Å²) in [6.07, 6.45) is -1.26. The third-order valence-electron chi connectivity index (χ3n) is 9.17. The van der Waals surface area contributed by atoms with Crippen molar-refractivity contribution in [2.75, 3.05) is 42.7 Å². The molecule has 0 radical (unpaired) electrons. The maximum absolute atomic E-state index is 13.2. The second-order valence-corrected chi connectivity index (χ2v) is 12.5. The molecule has 0 amide bonds. The number of benzene rings is 4. The minimum atomic E-state index is -0.794. The number of hydrogen-bond donors (Lipinski definition) is 0. The fourth-order valence-corrected chi connectivity index (χ4v) is 6.33. The van der Waals surface area contributed by atoms with E-state index in [-0.39, 0.29) is 29.7 Å². The Kier molecular flexibility index (Phi) is 12.2. The van der Waals surface area contributed by atoms with Crippen LogP contribution in [0, 0.1) is 5.92 Å². The van der Waals surface area contributed by atoms with Crippen molar-refractivity contribution in [3.8, 4) is 46.0 Å². The predicted octanol–water partition coefficient (Wildman–Crippen LogP) is 7.88. The van der Waals surface area contributed by atoms with Gasteiger partial charge in [0.25, 0.3) is 0 Å². The Morgan fingerprint density at radius 3 is 1.37 bits per heavy atom. The number of rotatable bonds is 16. The van der Waals surface area contributed by atoms with Crippen LogP contribution in [0.15, 0.2) is 72.8 Å².